The molecule has 0 bridgehead atoms. The molecule has 0 aliphatic rings. The van der Waals surface area contributed by atoms with E-state index >= 15 is 0 Å². The van der Waals surface area contributed by atoms with Gasteiger partial charge in [0.05, 0.1) is 0 Å². The standard InChI is InChI=1S/C12H18N2/c1-3-4-5-8-14-12-9-11(13)7-6-10(12)2/h3-4,6-7,9,14H,5,8,13H2,1-2H3/b4-3+. The molecule has 1 rings (SSSR count). The number of aryl methyl sites for hydroxylation is 1. The summed E-state index contributed by atoms with van der Waals surface area (Å²) in [6, 6.07) is 5.94. The summed E-state index contributed by atoms with van der Waals surface area (Å²) in [6.45, 7) is 5.07. The summed E-state index contributed by atoms with van der Waals surface area (Å²) in [5.41, 5.74) is 8.88. The van der Waals surface area contributed by atoms with Crippen molar-refractivity contribution in [2.75, 3.05) is 17.6 Å². The highest BCUT2D eigenvalue weighted by Gasteiger charge is 1.96. The molecule has 0 unspecified atom stereocenters. The van der Waals surface area contributed by atoms with E-state index in [0.29, 0.717) is 0 Å². The molecule has 14 heavy (non-hydrogen) atoms. The van der Waals surface area contributed by atoms with Gasteiger partial charge in [0.15, 0.2) is 0 Å². The molecule has 0 aromatic heterocycles. The third-order valence-electron chi connectivity index (χ3n) is 2.12. The summed E-state index contributed by atoms with van der Waals surface area (Å²) < 4.78 is 0. The molecule has 0 amide bonds. The van der Waals surface area contributed by atoms with Crippen LogP contribution in [-0.4, -0.2) is 6.54 Å². The van der Waals surface area contributed by atoms with Gasteiger partial charge in [-0.25, -0.2) is 0 Å². The number of rotatable bonds is 4. The number of hydrogen-bond donors (Lipinski definition) is 2. The Balaban J connectivity index is 2.53. The first kappa shape index (κ1) is 10.6. The van der Waals surface area contributed by atoms with E-state index < -0.39 is 0 Å². The highest BCUT2D eigenvalue weighted by Crippen LogP contribution is 2.17. The van der Waals surface area contributed by atoms with E-state index in [-0.39, 0.29) is 0 Å². The van der Waals surface area contributed by atoms with Gasteiger partial charge in [0.25, 0.3) is 0 Å². The monoisotopic (exact) mass is 190 g/mol. The van der Waals surface area contributed by atoms with Gasteiger partial charge in [-0.05, 0) is 38.0 Å². The van der Waals surface area contributed by atoms with Gasteiger partial charge in [-0.15, -0.1) is 0 Å². The Hall–Kier alpha value is -1.44. The number of benzene rings is 1. The molecule has 76 valence electrons. The lowest BCUT2D eigenvalue weighted by molar-refractivity contribution is 1.06. The molecule has 1 aromatic rings. The van der Waals surface area contributed by atoms with Gasteiger partial charge in [0.2, 0.25) is 0 Å². The summed E-state index contributed by atoms with van der Waals surface area (Å²) in [5.74, 6) is 0. The Morgan fingerprint density at radius 3 is 2.93 bits per heavy atom. The fourth-order valence-electron chi connectivity index (χ4n) is 1.29. The minimum atomic E-state index is 0.809. The van der Waals surface area contributed by atoms with Crippen LogP contribution in [0, 0.1) is 6.92 Å². The zero-order valence-corrected chi connectivity index (χ0v) is 8.88. The van der Waals surface area contributed by atoms with Crippen molar-refractivity contribution in [2.45, 2.75) is 20.3 Å². The maximum atomic E-state index is 5.70. The fourth-order valence-corrected chi connectivity index (χ4v) is 1.29. The Labute approximate surface area is 85.8 Å². The minimum absolute atomic E-state index is 0.809. The molecule has 0 aliphatic heterocycles. The van der Waals surface area contributed by atoms with Crippen molar-refractivity contribution >= 4 is 11.4 Å². The van der Waals surface area contributed by atoms with Crippen molar-refractivity contribution in [2.24, 2.45) is 0 Å². The van der Waals surface area contributed by atoms with E-state index in [2.05, 4.69) is 24.4 Å². The Morgan fingerprint density at radius 2 is 2.21 bits per heavy atom. The van der Waals surface area contributed by atoms with Gasteiger partial charge < -0.3 is 11.1 Å². The molecule has 0 radical (unpaired) electrons. The Bertz CT molecular complexity index is 316. The van der Waals surface area contributed by atoms with Crippen LogP contribution >= 0.6 is 0 Å². The second kappa shape index (κ2) is 5.32. The quantitative estimate of drug-likeness (QED) is 0.435. The largest absolute Gasteiger partial charge is 0.399 e. The van der Waals surface area contributed by atoms with Gasteiger partial charge in [-0.1, -0.05) is 18.2 Å². The topological polar surface area (TPSA) is 38.0 Å². The maximum absolute atomic E-state index is 5.70. The van der Waals surface area contributed by atoms with Gasteiger partial charge >= 0.3 is 0 Å². The van der Waals surface area contributed by atoms with Crippen LogP contribution in [0.3, 0.4) is 0 Å². The molecule has 0 saturated heterocycles. The van der Waals surface area contributed by atoms with Crippen molar-refractivity contribution in [1.29, 1.82) is 0 Å². The summed E-state index contributed by atoms with van der Waals surface area (Å²) in [7, 11) is 0. The molecule has 2 nitrogen and oxygen atoms in total. The van der Waals surface area contributed by atoms with Crippen LogP contribution in [0.1, 0.15) is 18.9 Å². The average Bonchev–Trinajstić information content (AvgIpc) is 2.18. The van der Waals surface area contributed by atoms with E-state index in [0.717, 1.165) is 24.3 Å². The maximum Gasteiger partial charge on any atom is 0.0390 e. The average molecular weight is 190 g/mol. The van der Waals surface area contributed by atoms with Crippen LogP contribution in [0.15, 0.2) is 30.4 Å². The Morgan fingerprint density at radius 1 is 1.43 bits per heavy atom. The zero-order valence-electron chi connectivity index (χ0n) is 8.88. The molecule has 2 heteroatoms. The molecule has 0 heterocycles. The van der Waals surface area contributed by atoms with E-state index in [4.69, 9.17) is 5.73 Å². The van der Waals surface area contributed by atoms with Gasteiger partial charge in [0.1, 0.15) is 0 Å². The number of nitrogen functional groups attached to an aromatic ring is 1. The van der Waals surface area contributed by atoms with E-state index in [1.807, 2.05) is 25.1 Å². The summed E-state index contributed by atoms with van der Waals surface area (Å²) >= 11 is 0. The second-order valence-corrected chi connectivity index (χ2v) is 3.36. The van der Waals surface area contributed by atoms with E-state index in [1.54, 1.807) is 0 Å². The summed E-state index contributed by atoms with van der Waals surface area (Å²) in [5, 5.41) is 3.36. The second-order valence-electron chi connectivity index (χ2n) is 3.36. The van der Waals surface area contributed by atoms with Gasteiger partial charge in [-0.2, -0.15) is 0 Å². The van der Waals surface area contributed by atoms with Gasteiger partial charge in [-0.3, -0.25) is 0 Å². The highest BCUT2D eigenvalue weighted by molar-refractivity contribution is 5.59. The summed E-state index contributed by atoms with van der Waals surface area (Å²) in [6.07, 6.45) is 5.26. The molecule has 0 fully saturated rings. The number of hydrogen-bond acceptors (Lipinski definition) is 2. The fraction of sp³-hybridized carbons (Fsp3) is 0.333. The third-order valence-corrected chi connectivity index (χ3v) is 2.12. The first-order chi connectivity index (χ1) is 6.74. The number of allylic oxidation sites excluding steroid dienone is 1. The van der Waals surface area contributed by atoms with Crippen molar-refractivity contribution in [1.82, 2.24) is 0 Å². The zero-order chi connectivity index (χ0) is 10.4. The predicted octanol–water partition coefficient (Wildman–Crippen LogP) is 2.96. The van der Waals surface area contributed by atoms with Crippen molar-refractivity contribution in [3.63, 3.8) is 0 Å². The first-order valence-electron chi connectivity index (χ1n) is 4.95. The number of anilines is 2. The van der Waals surface area contributed by atoms with Crippen molar-refractivity contribution in [3.8, 4) is 0 Å². The van der Waals surface area contributed by atoms with Crippen molar-refractivity contribution in [3.05, 3.63) is 35.9 Å². The minimum Gasteiger partial charge on any atom is -0.399 e. The van der Waals surface area contributed by atoms with Gasteiger partial charge in [0, 0.05) is 17.9 Å². The molecule has 0 aliphatic carbocycles. The third kappa shape index (κ3) is 3.13. The normalized spacial score (nSPS) is 10.7. The predicted molar refractivity (Wildman–Crippen MR) is 63.5 cm³/mol. The molecule has 3 N–H and O–H groups in total. The number of nitrogens with two attached hydrogens (primary N) is 1. The van der Waals surface area contributed by atoms with Crippen LogP contribution < -0.4 is 11.1 Å². The molecule has 1 aromatic carbocycles. The molecule has 0 spiro atoms. The number of nitrogens with one attached hydrogen (secondary N) is 1. The lowest BCUT2D eigenvalue weighted by Crippen LogP contribution is -2.02. The van der Waals surface area contributed by atoms with Crippen LogP contribution in [0.4, 0.5) is 11.4 Å². The lowest BCUT2D eigenvalue weighted by atomic mass is 10.2. The SMILES string of the molecule is C/C=C/CCNc1cc(N)ccc1C. The highest BCUT2D eigenvalue weighted by atomic mass is 14.9. The lowest BCUT2D eigenvalue weighted by Gasteiger charge is -2.08. The first-order valence-corrected chi connectivity index (χ1v) is 4.95. The summed E-state index contributed by atoms with van der Waals surface area (Å²) in [4.78, 5) is 0. The Kier molecular flexibility index (Phi) is 4.05. The van der Waals surface area contributed by atoms with E-state index in [1.165, 1.54) is 5.56 Å². The van der Waals surface area contributed by atoms with Crippen LogP contribution in [-0.2, 0) is 0 Å². The molecular formula is C12H18N2. The molecule has 0 saturated carbocycles. The van der Waals surface area contributed by atoms with Crippen LogP contribution in [0.25, 0.3) is 0 Å². The molecule has 0 atom stereocenters. The smallest absolute Gasteiger partial charge is 0.0390 e. The van der Waals surface area contributed by atoms with Crippen LogP contribution in [0.2, 0.25) is 0 Å². The van der Waals surface area contributed by atoms with E-state index in [9.17, 15) is 0 Å². The van der Waals surface area contributed by atoms with Crippen molar-refractivity contribution < 1.29 is 0 Å². The molecular weight excluding hydrogens is 172 g/mol. The van der Waals surface area contributed by atoms with Crippen LogP contribution in [0.5, 0.6) is 0 Å².